The van der Waals surface area contributed by atoms with Crippen molar-refractivity contribution >= 4 is 49.4 Å². The Labute approximate surface area is 141 Å². The van der Waals surface area contributed by atoms with Gasteiger partial charge in [-0.2, -0.15) is 0 Å². The highest BCUT2D eigenvalue weighted by atomic mass is 79.9. The summed E-state index contributed by atoms with van der Waals surface area (Å²) in [5.41, 5.74) is 0.671. The van der Waals surface area contributed by atoms with Crippen molar-refractivity contribution in [1.82, 2.24) is 5.32 Å². The van der Waals surface area contributed by atoms with Gasteiger partial charge in [0, 0.05) is 8.95 Å². The van der Waals surface area contributed by atoms with Gasteiger partial charge in [0.25, 0.3) is 0 Å². The largest absolute Gasteiger partial charge is 0.468 e. The summed E-state index contributed by atoms with van der Waals surface area (Å²) in [6, 6.07) is 4.95. The van der Waals surface area contributed by atoms with E-state index in [1.165, 1.54) is 7.11 Å². The van der Waals surface area contributed by atoms with Crippen molar-refractivity contribution in [3.05, 3.63) is 27.1 Å². The van der Waals surface area contributed by atoms with Crippen molar-refractivity contribution in [3.63, 3.8) is 0 Å². The van der Waals surface area contributed by atoms with Crippen LogP contribution in [0.4, 0.5) is 5.69 Å². The summed E-state index contributed by atoms with van der Waals surface area (Å²) >= 11 is 6.72. The second-order valence-corrected chi connectivity index (χ2v) is 6.57. The van der Waals surface area contributed by atoms with Gasteiger partial charge in [-0.1, -0.05) is 29.8 Å². The minimum Gasteiger partial charge on any atom is -0.468 e. The fourth-order valence-corrected chi connectivity index (χ4v) is 2.85. The van der Waals surface area contributed by atoms with E-state index in [-0.39, 0.29) is 24.3 Å². The molecule has 1 atom stereocenters. The van der Waals surface area contributed by atoms with Crippen molar-refractivity contribution < 1.29 is 14.3 Å². The Morgan fingerprint density at radius 2 is 1.95 bits per heavy atom. The van der Waals surface area contributed by atoms with E-state index in [1.54, 1.807) is 6.07 Å². The minimum atomic E-state index is -0.505. The van der Waals surface area contributed by atoms with Crippen molar-refractivity contribution in [1.29, 1.82) is 0 Å². The molecule has 0 bridgehead atoms. The molecule has 0 heterocycles. The van der Waals surface area contributed by atoms with Crippen LogP contribution < -0.4 is 10.6 Å². The number of carbonyl (C=O) groups excluding carboxylic acids is 2. The van der Waals surface area contributed by atoms with Crippen LogP contribution in [0, 0.1) is 5.92 Å². The van der Waals surface area contributed by atoms with E-state index in [2.05, 4.69) is 42.5 Å². The lowest BCUT2D eigenvalue weighted by atomic mass is 10.0. The Hall–Kier alpha value is -0.920. The topological polar surface area (TPSA) is 67.4 Å². The molecular weight excluding hydrogens is 404 g/mol. The summed E-state index contributed by atoms with van der Waals surface area (Å²) < 4.78 is 6.40. The summed E-state index contributed by atoms with van der Waals surface area (Å²) in [6.07, 6.45) is 0. The number of rotatable bonds is 6. The van der Waals surface area contributed by atoms with E-state index in [0.29, 0.717) is 5.69 Å². The van der Waals surface area contributed by atoms with Crippen LogP contribution in [0.1, 0.15) is 13.8 Å². The van der Waals surface area contributed by atoms with E-state index in [9.17, 15) is 9.59 Å². The molecule has 0 aliphatic carbocycles. The highest BCUT2D eigenvalue weighted by molar-refractivity contribution is 9.11. The Bertz CT molecular complexity index is 521. The highest BCUT2D eigenvalue weighted by Gasteiger charge is 2.23. The first kappa shape index (κ1) is 18.1. The molecular formula is C14H18Br2N2O3. The predicted octanol–water partition coefficient (Wildman–Crippen LogP) is 2.94. The molecule has 1 rings (SSSR count). The van der Waals surface area contributed by atoms with Gasteiger partial charge in [-0.15, -0.1) is 0 Å². The standard InChI is InChI=1S/C14H18Br2N2O3/c1-8(2)13(14(20)21-3)17-7-12(19)18-11-5-4-9(15)6-10(11)16/h4-6,8,13,17H,7H2,1-3H3,(H,18,19). The van der Waals surface area contributed by atoms with E-state index in [0.717, 1.165) is 8.95 Å². The molecule has 0 aromatic heterocycles. The number of amides is 1. The number of anilines is 1. The van der Waals surface area contributed by atoms with E-state index in [1.807, 2.05) is 26.0 Å². The third-order valence-electron chi connectivity index (χ3n) is 2.81. The van der Waals surface area contributed by atoms with Crippen LogP contribution in [0.25, 0.3) is 0 Å². The molecule has 1 aromatic rings. The predicted molar refractivity (Wildman–Crippen MR) is 89.1 cm³/mol. The first-order chi connectivity index (χ1) is 9.85. The van der Waals surface area contributed by atoms with Crippen LogP contribution >= 0.6 is 31.9 Å². The van der Waals surface area contributed by atoms with Crippen LogP contribution in [0.15, 0.2) is 27.1 Å². The molecule has 0 spiro atoms. The maximum Gasteiger partial charge on any atom is 0.323 e. The highest BCUT2D eigenvalue weighted by Crippen LogP contribution is 2.25. The molecule has 0 aliphatic rings. The van der Waals surface area contributed by atoms with Crippen LogP contribution in [0.5, 0.6) is 0 Å². The third kappa shape index (κ3) is 5.76. The van der Waals surface area contributed by atoms with E-state index >= 15 is 0 Å². The molecule has 116 valence electrons. The van der Waals surface area contributed by atoms with Gasteiger partial charge >= 0.3 is 5.97 Å². The Kier molecular flexibility index (Phi) is 7.34. The lowest BCUT2D eigenvalue weighted by Crippen LogP contribution is -2.45. The first-order valence-electron chi connectivity index (χ1n) is 6.41. The number of esters is 1. The lowest BCUT2D eigenvalue weighted by Gasteiger charge is -2.19. The fourth-order valence-electron chi connectivity index (χ4n) is 1.71. The second kappa shape index (κ2) is 8.51. The van der Waals surface area contributed by atoms with E-state index < -0.39 is 6.04 Å². The van der Waals surface area contributed by atoms with Gasteiger partial charge < -0.3 is 10.1 Å². The van der Waals surface area contributed by atoms with Crippen LogP contribution in [0.3, 0.4) is 0 Å². The molecule has 0 radical (unpaired) electrons. The Morgan fingerprint density at radius 3 is 2.48 bits per heavy atom. The molecule has 1 unspecified atom stereocenters. The maximum atomic E-state index is 11.9. The number of halogens is 2. The summed E-state index contributed by atoms with van der Waals surface area (Å²) in [6.45, 7) is 3.80. The molecule has 5 nitrogen and oxygen atoms in total. The molecule has 21 heavy (non-hydrogen) atoms. The molecule has 0 aliphatic heterocycles. The number of hydrogen-bond acceptors (Lipinski definition) is 4. The SMILES string of the molecule is COC(=O)C(NCC(=O)Nc1ccc(Br)cc1Br)C(C)C. The monoisotopic (exact) mass is 420 g/mol. The summed E-state index contributed by atoms with van der Waals surface area (Å²) in [5.74, 6) is -0.570. The van der Waals surface area contributed by atoms with Crippen LogP contribution in [0.2, 0.25) is 0 Å². The van der Waals surface area contributed by atoms with Crippen LogP contribution in [-0.2, 0) is 14.3 Å². The molecule has 7 heteroatoms. The first-order valence-corrected chi connectivity index (χ1v) is 8.00. The van der Waals surface area contributed by atoms with Gasteiger partial charge in [0.1, 0.15) is 6.04 Å². The maximum absolute atomic E-state index is 11.9. The van der Waals surface area contributed by atoms with Crippen LogP contribution in [-0.4, -0.2) is 31.6 Å². The van der Waals surface area contributed by atoms with Gasteiger partial charge in [-0.3, -0.25) is 14.9 Å². The smallest absolute Gasteiger partial charge is 0.323 e. The van der Waals surface area contributed by atoms with Crippen molar-refractivity contribution in [2.75, 3.05) is 19.0 Å². The van der Waals surface area contributed by atoms with Gasteiger partial charge in [-0.05, 0) is 40.0 Å². The average molecular weight is 422 g/mol. The quantitative estimate of drug-likeness (QED) is 0.693. The normalized spacial score (nSPS) is 12.1. The number of benzene rings is 1. The molecule has 2 N–H and O–H groups in total. The zero-order valence-corrected chi connectivity index (χ0v) is 15.2. The van der Waals surface area contributed by atoms with Gasteiger partial charge in [0.2, 0.25) is 5.91 Å². The second-order valence-electron chi connectivity index (χ2n) is 4.80. The van der Waals surface area contributed by atoms with Gasteiger partial charge in [0.05, 0.1) is 19.3 Å². The van der Waals surface area contributed by atoms with Gasteiger partial charge in [0.15, 0.2) is 0 Å². The number of hydrogen-bond donors (Lipinski definition) is 2. The van der Waals surface area contributed by atoms with Crippen molar-refractivity contribution in [2.45, 2.75) is 19.9 Å². The summed E-state index contributed by atoms with van der Waals surface area (Å²) in [4.78, 5) is 23.5. The fraction of sp³-hybridized carbons (Fsp3) is 0.429. The van der Waals surface area contributed by atoms with Crippen molar-refractivity contribution in [3.8, 4) is 0 Å². The lowest BCUT2D eigenvalue weighted by molar-refractivity contribution is -0.144. The molecule has 1 amide bonds. The molecule has 0 saturated heterocycles. The Morgan fingerprint density at radius 1 is 1.29 bits per heavy atom. The van der Waals surface area contributed by atoms with Crippen molar-refractivity contribution in [2.24, 2.45) is 5.92 Å². The number of nitrogens with one attached hydrogen (secondary N) is 2. The Balaban J connectivity index is 2.59. The molecule has 1 aromatic carbocycles. The zero-order valence-electron chi connectivity index (χ0n) is 12.1. The summed E-state index contributed by atoms with van der Waals surface area (Å²) in [5, 5.41) is 5.68. The molecule has 0 fully saturated rings. The number of carbonyl (C=O) groups is 2. The number of ether oxygens (including phenoxy) is 1. The summed E-state index contributed by atoms with van der Waals surface area (Å²) in [7, 11) is 1.33. The average Bonchev–Trinajstić information content (AvgIpc) is 2.41. The zero-order chi connectivity index (χ0) is 16.0. The minimum absolute atomic E-state index is 0.0282. The van der Waals surface area contributed by atoms with Gasteiger partial charge in [-0.25, -0.2) is 0 Å². The molecule has 0 saturated carbocycles. The number of methoxy groups -OCH3 is 1. The third-order valence-corrected chi connectivity index (χ3v) is 3.96. The van der Waals surface area contributed by atoms with E-state index in [4.69, 9.17) is 4.74 Å².